The Bertz CT molecular complexity index is 374. The van der Waals surface area contributed by atoms with E-state index in [-0.39, 0.29) is 5.60 Å². The van der Waals surface area contributed by atoms with E-state index < -0.39 is 0 Å². The van der Waals surface area contributed by atoms with Crippen LogP contribution in [0.15, 0.2) is 24.3 Å². The van der Waals surface area contributed by atoms with E-state index in [1.165, 1.54) is 11.1 Å². The van der Waals surface area contributed by atoms with E-state index in [1.807, 2.05) is 0 Å². The molecule has 1 aromatic rings. The van der Waals surface area contributed by atoms with E-state index in [2.05, 4.69) is 64.2 Å². The van der Waals surface area contributed by atoms with Gasteiger partial charge in [0.05, 0.1) is 5.60 Å². The van der Waals surface area contributed by atoms with E-state index in [0.29, 0.717) is 6.04 Å². The highest BCUT2D eigenvalue weighted by molar-refractivity contribution is 5.22. The number of benzene rings is 1. The highest BCUT2D eigenvalue weighted by atomic mass is 16.5. The summed E-state index contributed by atoms with van der Waals surface area (Å²) in [5.41, 5.74) is 2.59. The Labute approximate surface area is 124 Å². The molecule has 0 bridgehead atoms. The number of nitrogens with one attached hydrogen (secondary N) is 1. The molecule has 0 saturated carbocycles. The number of hydrogen-bond donors (Lipinski definition) is 1. The topological polar surface area (TPSA) is 21.3 Å². The average Bonchev–Trinajstić information content (AvgIpc) is 2.45. The summed E-state index contributed by atoms with van der Waals surface area (Å²) in [5, 5.41) is 3.68. The zero-order chi connectivity index (χ0) is 15.0. The highest BCUT2D eigenvalue weighted by Crippen LogP contribution is 2.23. The van der Waals surface area contributed by atoms with Crippen molar-refractivity contribution in [2.45, 2.75) is 65.5 Å². The number of ether oxygens (including phenoxy) is 1. The molecule has 1 aromatic carbocycles. The molecule has 1 N–H and O–H groups in total. The third kappa shape index (κ3) is 4.92. The van der Waals surface area contributed by atoms with Crippen molar-refractivity contribution in [1.29, 1.82) is 0 Å². The molecule has 114 valence electrons. The van der Waals surface area contributed by atoms with Gasteiger partial charge in [-0.1, -0.05) is 43.7 Å². The van der Waals surface area contributed by atoms with Crippen molar-refractivity contribution in [3.8, 4) is 0 Å². The Balaban J connectivity index is 2.84. The molecule has 0 aromatic heterocycles. The van der Waals surface area contributed by atoms with Crippen LogP contribution < -0.4 is 5.32 Å². The Morgan fingerprint density at radius 3 is 2.30 bits per heavy atom. The maximum atomic E-state index is 6.07. The van der Waals surface area contributed by atoms with Gasteiger partial charge in [-0.15, -0.1) is 0 Å². The highest BCUT2D eigenvalue weighted by Gasteiger charge is 2.32. The Hall–Kier alpha value is -0.860. The van der Waals surface area contributed by atoms with Crippen molar-refractivity contribution in [2.24, 2.45) is 0 Å². The molecule has 0 spiro atoms. The van der Waals surface area contributed by atoms with Gasteiger partial charge in [0.1, 0.15) is 0 Å². The smallest absolute Gasteiger partial charge is 0.0807 e. The monoisotopic (exact) mass is 277 g/mol. The molecule has 0 radical (unpaired) electrons. The summed E-state index contributed by atoms with van der Waals surface area (Å²) in [6, 6.07) is 9.21. The predicted molar refractivity (Wildman–Crippen MR) is 87.3 cm³/mol. The van der Waals surface area contributed by atoms with E-state index in [1.54, 1.807) is 0 Å². The molecular weight excluding hydrogens is 246 g/mol. The van der Waals surface area contributed by atoms with Gasteiger partial charge in [0.25, 0.3) is 0 Å². The van der Waals surface area contributed by atoms with Gasteiger partial charge in [0.2, 0.25) is 0 Å². The third-order valence-electron chi connectivity index (χ3n) is 4.11. The Morgan fingerprint density at radius 1 is 1.15 bits per heavy atom. The number of aryl methyl sites for hydroxylation is 1. The van der Waals surface area contributed by atoms with Crippen LogP contribution in [0.3, 0.4) is 0 Å². The first-order valence-electron chi connectivity index (χ1n) is 7.98. The van der Waals surface area contributed by atoms with Crippen molar-refractivity contribution in [3.63, 3.8) is 0 Å². The van der Waals surface area contributed by atoms with Gasteiger partial charge in [0, 0.05) is 12.6 Å². The molecule has 20 heavy (non-hydrogen) atoms. The van der Waals surface area contributed by atoms with Gasteiger partial charge in [0.15, 0.2) is 0 Å². The van der Waals surface area contributed by atoms with Gasteiger partial charge >= 0.3 is 0 Å². The van der Waals surface area contributed by atoms with Crippen LogP contribution in [0.25, 0.3) is 0 Å². The fourth-order valence-electron chi connectivity index (χ4n) is 2.56. The summed E-state index contributed by atoms with van der Waals surface area (Å²) in [4.78, 5) is 0. The Morgan fingerprint density at radius 2 is 1.80 bits per heavy atom. The molecule has 0 fully saturated rings. The molecule has 0 saturated heterocycles. The second-order valence-corrected chi connectivity index (χ2v) is 5.80. The molecule has 2 atom stereocenters. The number of rotatable bonds is 9. The van der Waals surface area contributed by atoms with Gasteiger partial charge in [-0.05, 0) is 52.1 Å². The van der Waals surface area contributed by atoms with Crippen LogP contribution in [0.2, 0.25) is 0 Å². The fourth-order valence-corrected chi connectivity index (χ4v) is 2.56. The second kappa shape index (κ2) is 8.43. The predicted octanol–water partition coefficient (Wildman–Crippen LogP) is 4.11. The quantitative estimate of drug-likeness (QED) is 0.733. The first-order chi connectivity index (χ1) is 9.55. The molecule has 2 unspecified atom stereocenters. The summed E-state index contributed by atoms with van der Waals surface area (Å²) < 4.78 is 6.07. The summed E-state index contributed by atoms with van der Waals surface area (Å²) >= 11 is 0. The van der Waals surface area contributed by atoms with Crippen molar-refractivity contribution in [2.75, 3.05) is 13.2 Å². The zero-order valence-corrected chi connectivity index (χ0v) is 13.8. The van der Waals surface area contributed by atoms with Crippen molar-refractivity contribution >= 4 is 0 Å². The number of hydrogen-bond acceptors (Lipinski definition) is 2. The maximum Gasteiger partial charge on any atom is 0.0807 e. The van der Waals surface area contributed by atoms with E-state index in [9.17, 15) is 0 Å². The van der Waals surface area contributed by atoms with Crippen LogP contribution >= 0.6 is 0 Å². The third-order valence-corrected chi connectivity index (χ3v) is 4.11. The standard InChI is InChI=1S/C18H31NO/c1-6-13-19-17(18(5,7-2)20-8-3)14-16-11-9-15(4)10-12-16/h9-12,17,19H,6-8,13-14H2,1-5H3. The SMILES string of the molecule is CCCNC(Cc1ccc(C)cc1)C(C)(CC)OCC. The zero-order valence-electron chi connectivity index (χ0n) is 13.8. The molecule has 2 heteroatoms. The van der Waals surface area contributed by atoms with Gasteiger partial charge in [-0.2, -0.15) is 0 Å². The Kier molecular flexibility index (Phi) is 7.25. The summed E-state index contributed by atoms with van der Waals surface area (Å²) in [5.74, 6) is 0. The molecule has 0 amide bonds. The molecule has 0 aliphatic rings. The van der Waals surface area contributed by atoms with Gasteiger partial charge in [-0.25, -0.2) is 0 Å². The lowest BCUT2D eigenvalue weighted by Gasteiger charge is -2.37. The molecule has 0 aliphatic carbocycles. The minimum absolute atomic E-state index is 0.102. The van der Waals surface area contributed by atoms with Crippen LogP contribution in [0, 0.1) is 6.92 Å². The van der Waals surface area contributed by atoms with E-state index in [4.69, 9.17) is 4.74 Å². The second-order valence-electron chi connectivity index (χ2n) is 5.80. The molecular formula is C18H31NO. The maximum absolute atomic E-state index is 6.07. The molecule has 2 nitrogen and oxygen atoms in total. The normalized spacial score (nSPS) is 15.8. The average molecular weight is 277 g/mol. The summed E-state index contributed by atoms with van der Waals surface area (Å²) in [6.07, 6.45) is 3.19. The van der Waals surface area contributed by atoms with Crippen LogP contribution in [0.5, 0.6) is 0 Å². The van der Waals surface area contributed by atoms with Crippen molar-refractivity contribution in [1.82, 2.24) is 5.32 Å². The van der Waals surface area contributed by atoms with E-state index >= 15 is 0 Å². The fraction of sp³-hybridized carbons (Fsp3) is 0.667. The minimum Gasteiger partial charge on any atom is -0.374 e. The van der Waals surface area contributed by atoms with Crippen molar-refractivity contribution < 1.29 is 4.74 Å². The minimum atomic E-state index is -0.102. The van der Waals surface area contributed by atoms with Gasteiger partial charge < -0.3 is 10.1 Å². The van der Waals surface area contributed by atoms with Gasteiger partial charge in [-0.3, -0.25) is 0 Å². The molecule has 0 aliphatic heterocycles. The van der Waals surface area contributed by atoms with Crippen LogP contribution in [0.4, 0.5) is 0 Å². The summed E-state index contributed by atoms with van der Waals surface area (Å²) in [7, 11) is 0. The summed E-state index contributed by atoms with van der Waals surface area (Å²) in [6.45, 7) is 12.7. The van der Waals surface area contributed by atoms with E-state index in [0.717, 1.165) is 32.4 Å². The molecule has 1 rings (SSSR count). The van der Waals surface area contributed by atoms with Crippen LogP contribution in [-0.2, 0) is 11.2 Å². The van der Waals surface area contributed by atoms with Crippen LogP contribution in [-0.4, -0.2) is 24.8 Å². The first kappa shape index (κ1) is 17.2. The lowest BCUT2D eigenvalue weighted by molar-refractivity contribution is -0.0549. The largest absolute Gasteiger partial charge is 0.374 e. The molecule has 0 heterocycles. The van der Waals surface area contributed by atoms with Crippen molar-refractivity contribution in [3.05, 3.63) is 35.4 Å². The first-order valence-corrected chi connectivity index (χ1v) is 7.98. The lowest BCUT2D eigenvalue weighted by Crippen LogP contribution is -2.51. The van der Waals surface area contributed by atoms with Crippen LogP contribution in [0.1, 0.15) is 51.7 Å². The lowest BCUT2D eigenvalue weighted by atomic mass is 9.88.